The monoisotopic (exact) mass is 350 g/mol. The number of ether oxygens (including phenoxy) is 1. The second-order valence-corrected chi connectivity index (χ2v) is 6.52. The lowest BCUT2D eigenvalue weighted by Gasteiger charge is -2.16. The van der Waals surface area contributed by atoms with Crippen molar-refractivity contribution in [1.82, 2.24) is 15.5 Å². The Morgan fingerprint density at radius 3 is 2.52 bits per heavy atom. The lowest BCUT2D eigenvalue weighted by molar-refractivity contribution is -0.127. The minimum Gasteiger partial charge on any atom is -0.492 e. The smallest absolute Gasteiger partial charge is 0.239 e. The first-order chi connectivity index (χ1) is 11.8. The van der Waals surface area contributed by atoms with Crippen LogP contribution in [-0.4, -0.2) is 56.5 Å². The summed E-state index contributed by atoms with van der Waals surface area (Å²) >= 11 is 0. The first kappa shape index (κ1) is 20.9. The first-order valence-electron chi connectivity index (χ1n) is 8.46. The Bertz CT molecular complexity index is 561. The molecule has 0 aliphatic rings. The maximum Gasteiger partial charge on any atom is 0.239 e. The van der Waals surface area contributed by atoms with Crippen molar-refractivity contribution in [2.24, 2.45) is 11.7 Å². The summed E-state index contributed by atoms with van der Waals surface area (Å²) in [6.07, 6.45) is 0. The van der Waals surface area contributed by atoms with E-state index in [4.69, 9.17) is 10.5 Å². The number of likely N-dealkylation sites (N-methyl/N-ethyl adjacent to an activating group) is 1. The minimum atomic E-state index is -0.612. The van der Waals surface area contributed by atoms with Crippen molar-refractivity contribution in [3.8, 4) is 5.75 Å². The van der Waals surface area contributed by atoms with Gasteiger partial charge in [-0.25, -0.2) is 0 Å². The number of nitrogens with zero attached hydrogens (tertiary/aromatic N) is 1. The van der Waals surface area contributed by atoms with E-state index in [1.807, 2.05) is 57.1 Å². The van der Waals surface area contributed by atoms with E-state index in [0.29, 0.717) is 13.2 Å². The van der Waals surface area contributed by atoms with E-state index in [1.165, 1.54) is 0 Å². The van der Waals surface area contributed by atoms with Crippen LogP contribution in [0, 0.1) is 5.92 Å². The van der Waals surface area contributed by atoms with Crippen molar-refractivity contribution in [2.75, 3.05) is 33.8 Å². The lowest BCUT2D eigenvalue weighted by Crippen LogP contribution is -2.47. The zero-order valence-electron chi connectivity index (χ0n) is 15.5. The Balaban J connectivity index is 2.44. The van der Waals surface area contributed by atoms with Gasteiger partial charge in [-0.2, -0.15) is 0 Å². The van der Waals surface area contributed by atoms with Gasteiger partial charge in [-0.15, -0.1) is 0 Å². The van der Waals surface area contributed by atoms with Crippen LogP contribution in [0.4, 0.5) is 0 Å². The summed E-state index contributed by atoms with van der Waals surface area (Å²) in [5.74, 6) is 0.176. The Morgan fingerprint density at radius 1 is 1.20 bits per heavy atom. The SMILES string of the molecule is CC(C)[C@H](N)C(=O)NCC(=O)NCc1ccccc1OCCN(C)C. The zero-order chi connectivity index (χ0) is 18.8. The van der Waals surface area contributed by atoms with Gasteiger partial charge in [-0.1, -0.05) is 32.0 Å². The Morgan fingerprint density at radius 2 is 1.88 bits per heavy atom. The van der Waals surface area contributed by atoms with Crippen molar-refractivity contribution >= 4 is 11.8 Å². The number of para-hydroxylation sites is 1. The number of amides is 2. The fraction of sp³-hybridized carbons (Fsp3) is 0.556. The molecule has 4 N–H and O–H groups in total. The fourth-order valence-electron chi connectivity index (χ4n) is 1.97. The van der Waals surface area contributed by atoms with Crippen molar-refractivity contribution in [2.45, 2.75) is 26.4 Å². The van der Waals surface area contributed by atoms with E-state index in [1.54, 1.807) is 0 Å². The Labute approximate surface area is 149 Å². The normalized spacial score (nSPS) is 12.1. The highest BCUT2D eigenvalue weighted by Gasteiger charge is 2.17. The van der Waals surface area contributed by atoms with Crippen LogP contribution in [0.1, 0.15) is 19.4 Å². The molecule has 0 aromatic heterocycles. The number of carbonyl (C=O) groups is 2. The molecule has 0 aliphatic carbocycles. The van der Waals surface area contributed by atoms with E-state index < -0.39 is 6.04 Å². The number of hydrogen-bond donors (Lipinski definition) is 3. The van der Waals surface area contributed by atoms with Gasteiger partial charge in [0.2, 0.25) is 11.8 Å². The maximum absolute atomic E-state index is 11.9. The largest absolute Gasteiger partial charge is 0.492 e. The van der Waals surface area contributed by atoms with Crippen molar-refractivity contribution in [3.63, 3.8) is 0 Å². The third-order valence-corrected chi connectivity index (χ3v) is 3.69. The number of hydrogen-bond acceptors (Lipinski definition) is 5. The van der Waals surface area contributed by atoms with E-state index >= 15 is 0 Å². The van der Waals surface area contributed by atoms with Crippen LogP contribution in [0.25, 0.3) is 0 Å². The predicted molar refractivity (Wildman–Crippen MR) is 98.2 cm³/mol. The summed E-state index contributed by atoms with van der Waals surface area (Å²) in [7, 11) is 3.96. The van der Waals surface area contributed by atoms with Crippen LogP contribution >= 0.6 is 0 Å². The molecule has 0 radical (unpaired) electrons. The third-order valence-electron chi connectivity index (χ3n) is 3.69. The molecule has 0 spiro atoms. The van der Waals surface area contributed by atoms with Gasteiger partial charge in [-0.05, 0) is 26.1 Å². The highest BCUT2D eigenvalue weighted by molar-refractivity contribution is 5.87. The molecular formula is C18H30N4O3. The molecule has 0 saturated carbocycles. The lowest BCUT2D eigenvalue weighted by atomic mass is 10.1. The number of benzene rings is 1. The molecule has 140 valence electrons. The second kappa shape index (κ2) is 10.7. The molecule has 25 heavy (non-hydrogen) atoms. The molecule has 0 unspecified atom stereocenters. The molecule has 1 atom stereocenters. The van der Waals surface area contributed by atoms with Gasteiger partial charge in [0.1, 0.15) is 12.4 Å². The molecule has 1 rings (SSSR count). The molecule has 0 saturated heterocycles. The molecule has 0 heterocycles. The van der Waals surface area contributed by atoms with Crippen LogP contribution in [0.3, 0.4) is 0 Å². The zero-order valence-corrected chi connectivity index (χ0v) is 15.5. The van der Waals surface area contributed by atoms with Crippen LogP contribution in [0.5, 0.6) is 5.75 Å². The van der Waals surface area contributed by atoms with E-state index in [0.717, 1.165) is 17.9 Å². The van der Waals surface area contributed by atoms with Crippen LogP contribution in [0.15, 0.2) is 24.3 Å². The van der Waals surface area contributed by atoms with Crippen LogP contribution < -0.4 is 21.1 Å². The van der Waals surface area contributed by atoms with Gasteiger partial charge in [0.15, 0.2) is 0 Å². The van der Waals surface area contributed by atoms with E-state index in [2.05, 4.69) is 10.6 Å². The van der Waals surface area contributed by atoms with Crippen molar-refractivity contribution < 1.29 is 14.3 Å². The van der Waals surface area contributed by atoms with Gasteiger partial charge >= 0.3 is 0 Å². The number of nitrogens with two attached hydrogens (primary N) is 1. The average Bonchev–Trinajstić information content (AvgIpc) is 2.57. The fourth-order valence-corrected chi connectivity index (χ4v) is 1.97. The molecule has 1 aromatic carbocycles. The quantitative estimate of drug-likeness (QED) is 0.565. The summed E-state index contributed by atoms with van der Waals surface area (Å²) in [4.78, 5) is 25.7. The number of nitrogens with one attached hydrogen (secondary N) is 2. The molecular weight excluding hydrogens is 320 g/mol. The maximum atomic E-state index is 11.9. The predicted octanol–water partition coefficient (Wildman–Crippen LogP) is 0.343. The second-order valence-electron chi connectivity index (χ2n) is 6.52. The average molecular weight is 350 g/mol. The summed E-state index contributed by atoms with van der Waals surface area (Å²) < 4.78 is 5.76. The standard InChI is InChI=1S/C18H30N4O3/c1-13(2)17(19)18(24)21-12-16(23)20-11-14-7-5-6-8-15(14)25-10-9-22(3)4/h5-8,13,17H,9-12,19H2,1-4H3,(H,20,23)(H,21,24)/t17-/m0/s1. The molecule has 0 aliphatic heterocycles. The Hall–Kier alpha value is -2.12. The molecule has 2 amide bonds. The van der Waals surface area contributed by atoms with Gasteiger partial charge in [0, 0.05) is 18.7 Å². The van der Waals surface area contributed by atoms with Gasteiger partial charge in [-0.3, -0.25) is 9.59 Å². The summed E-state index contributed by atoms with van der Waals surface area (Å²) in [6.45, 7) is 5.34. The van der Waals surface area contributed by atoms with Gasteiger partial charge in [0.25, 0.3) is 0 Å². The summed E-state index contributed by atoms with van der Waals surface area (Å²) in [5.41, 5.74) is 6.62. The molecule has 0 bridgehead atoms. The molecule has 7 heteroatoms. The third kappa shape index (κ3) is 8.00. The number of carbonyl (C=O) groups excluding carboxylic acids is 2. The summed E-state index contributed by atoms with van der Waals surface area (Å²) in [6, 6.07) is 6.95. The van der Waals surface area contributed by atoms with E-state index in [9.17, 15) is 9.59 Å². The van der Waals surface area contributed by atoms with E-state index in [-0.39, 0.29) is 24.3 Å². The highest BCUT2D eigenvalue weighted by Crippen LogP contribution is 2.17. The number of rotatable bonds is 10. The molecule has 0 fully saturated rings. The van der Waals surface area contributed by atoms with Gasteiger partial charge < -0.3 is 26.0 Å². The minimum absolute atomic E-state index is 0.0225. The van der Waals surface area contributed by atoms with Crippen molar-refractivity contribution in [1.29, 1.82) is 0 Å². The van der Waals surface area contributed by atoms with Crippen LogP contribution in [-0.2, 0) is 16.1 Å². The van der Waals surface area contributed by atoms with Crippen molar-refractivity contribution in [3.05, 3.63) is 29.8 Å². The molecule has 1 aromatic rings. The highest BCUT2D eigenvalue weighted by atomic mass is 16.5. The van der Waals surface area contributed by atoms with Gasteiger partial charge in [0.05, 0.1) is 12.6 Å². The molecule has 7 nitrogen and oxygen atoms in total. The van der Waals surface area contributed by atoms with Crippen LogP contribution in [0.2, 0.25) is 0 Å². The topological polar surface area (TPSA) is 96.7 Å². The summed E-state index contributed by atoms with van der Waals surface area (Å²) in [5, 5.41) is 5.33. The Kier molecular flexibility index (Phi) is 8.94. The first-order valence-corrected chi connectivity index (χ1v) is 8.46.